The van der Waals surface area contributed by atoms with Crippen LogP contribution in [0.3, 0.4) is 0 Å². The molecular weight excluding hydrogens is 356 g/mol. The molecule has 0 fully saturated rings. The molecule has 0 saturated heterocycles. The van der Waals surface area contributed by atoms with Crippen LogP contribution in [0, 0.1) is 0 Å². The number of hydrogen-bond acceptors (Lipinski definition) is 3. The number of amidine groups is 1. The SMILES string of the molecule is O[C@@]1(c2ccccc2)C2=NCCN2[C@@H](c2ccc(Cl)cc2)c2ccccc21. The van der Waals surface area contributed by atoms with Gasteiger partial charge < -0.3 is 10.0 Å². The maximum atomic E-state index is 12.0. The van der Waals surface area contributed by atoms with Gasteiger partial charge in [0, 0.05) is 17.1 Å². The van der Waals surface area contributed by atoms with E-state index in [1.165, 1.54) is 0 Å². The average Bonchev–Trinajstić information content (AvgIpc) is 3.20. The Morgan fingerprint density at radius 2 is 1.63 bits per heavy atom. The van der Waals surface area contributed by atoms with Crippen molar-refractivity contribution in [2.75, 3.05) is 13.1 Å². The summed E-state index contributed by atoms with van der Waals surface area (Å²) in [5.41, 5.74) is 2.76. The Morgan fingerprint density at radius 1 is 0.926 bits per heavy atom. The third kappa shape index (κ3) is 2.43. The largest absolute Gasteiger partial charge is 0.373 e. The zero-order valence-electron chi connectivity index (χ0n) is 14.7. The molecule has 3 nitrogen and oxygen atoms in total. The Bertz CT molecular complexity index is 1020. The lowest BCUT2D eigenvalue weighted by Crippen LogP contribution is -2.52. The lowest BCUT2D eigenvalue weighted by molar-refractivity contribution is 0.124. The van der Waals surface area contributed by atoms with E-state index in [9.17, 15) is 5.11 Å². The van der Waals surface area contributed by atoms with Gasteiger partial charge in [-0.15, -0.1) is 0 Å². The van der Waals surface area contributed by atoms with Gasteiger partial charge in [0.1, 0.15) is 5.84 Å². The molecule has 0 saturated carbocycles. The smallest absolute Gasteiger partial charge is 0.172 e. The number of halogens is 1. The van der Waals surface area contributed by atoms with Crippen molar-refractivity contribution in [3.8, 4) is 0 Å². The van der Waals surface area contributed by atoms with Crippen LogP contribution < -0.4 is 0 Å². The summed E-state index contributed by atoms with van der Waals surface area (Å²) in [6.07, 6.45) is 0. The summed E-state index contributed by atoms with van der Waals surface area (Å²) in [6, 6.07) is 26.0. The topological polar surface area (TPSA) is 35.8 Å². The zero-order chi connectivity index (χ0) is 18.4. The Kier molecular flexibility index (Phi) is 3.81. The van der Waals surface area contributed by atoms with Crippen LogP contribution >= 0.6 is 11.6 Å². The number of benzene rings is 3. The van der Waals surface area contributed by atoms with Crippen LogP contribution in [0.4, 0.5) is 0 Å². The van der Waals surface area contributed by atoms with Gasteiger partial charge in [-0.2, -0.15) is 0 Å². The van der Waals surface area contributed by atoms with Gasteiger partial charge in [0.2, 0.25) is 0 Å². The van der Waals surface area contributed by atoms with Gasteiger partial charge in [0.25, 0.3) is 0 Å². The predicted molar refractivity (Wildman–Crippen MR) is 108 cm³/mol. The van der Waals surface area contributed by atoms with Crippen molar-refractivity contribution in [1.82, 2.24) is 4.90 Å². The van der Waals surface area contributed by atoms with Crippen LogP contribution in [0.15, 0.2) is 83.9 Å². The maximum Gasteiger partial charge on any atom is 0.172 e. The fraction of sp³-hybridized carbons (Fsp3) is 0.174. The number of fused-ring (bicyclic) bond motifs is 2. The second-order valence-corrected chi connectivity index (χ2v) is 7.45. The number of aliphatic imine (C=N–C) groups is 1. The fourth-order valence-corrected chi connectivity index (χ4v) is 4.48. The summed E-state index contributed by atoms with van der Waals surface area (Å²) < 4.78 is 0. The van der Waals surface area contributed by atoms with Gasteiger partial charge in [0.05, 0.1) is 12.6 Å². The minimum Gasteiger partial charge on any atom is -0.373 e. The molecule has 3 aromatic rings. The molecular formula is C23H19ClN2O. The van der Waals surface area contributed by atoms with Gasteiger partial charge in [-0.1, -0.05) is 78.3 Å². The molecule has 2 aliphatic heterocycles. The molecule has 2 heterocycles. The van der Waals surface area contributed by atoms with Crippen LogP contribution in [0.1, 0.15) is 28.3 Å². The molecule has 0 spiro atoms. The molecule has 0 amide bonds. The Hall–Kier alpha value is -2.62. The fourth-order valence-electron chi connectivity index (χ4n) is 4.36. The highest BCUT2D eigenvalue weighted by molar-refractivity contribution is 6.30. The van der Waals surface area contributed by atoms with Gasteiger partial charge in [-0.3, -0.25) is 4.99 Å². The zero-order valence-corrected chi connectivity index (χ0v) is 15.5. The van der Waals surface area contributed by atoms with E-state index in [0.717, 1.165) is 39.7 Å². The normalized spacial score (nSPS) is 23.6. The lowest BCUT2D eigenvalue weighted by atomic mass is 9.75. The summed E-state index contributed by atoms with van der Waals surface area (Å²) >= 11 is 6.11. The molecule has 0 bridgehead atoms. The van der Waals surface area contributed by atoms with Gasteiger partial charge >= 0.3 is 0 Å². The minimum absolute atomic E-state index is 0.0173. The Balaban J connectivity index is 1.77. The van der Waals surface area contributed by atoms with E-state index in [0.29, 0.717) is 6.54 Å². The van der Waals surface area contributed by atoms with Crippen molar-refractivity contribution >= 4 is 17.4 Å². The van der Waals surface area contributed by atoms with Crippen LogP contribution in [0.2, 0.25) is 5.02 Å². The number of nitrogens with zero attached hydrogens (tertiary/aromatic N) is 2. The summed E-state index contributed by atoms with van der Waals surface area (Å²) in [4.78, 5) is 6.98. The molecule has 0 aromatic heterocycles. The summed E-state index contributed by atoms with van der Waals surface area (Å²) in [5, 5.41) is 12.7. The van der Waals surface area contributed by atoms with Crippen molar-refractivity contribution in [1.29, 1.82) is 0 Å². The second-order valence-electron chi connectivity index (χ2n) is 7.02. The van der Waals surface area contributed by atoms with Crippen molar-refractivity contribution < 1.29 is 5.11 Å². The van der Waals surface area contributed by atoms with E-state index >= 15 is 0 Å². The summed E-state index contributed by atoms with van der Waals surface area (Å²) in [5.74, 6) is 0.729. The summed E-state index contributed by atoms with van der Waals surface area (Å²) in [7, 11) is 0. The van der Waals surface area contributed by atoms with Crippen LogP contribution in [0.5, 0.6) is 0 Å². The van der Waals surface area contributed by atoms with Crippen molar-refractivity contribution in [2.24, 2.45) is 4.99 Å². The van der Waals surface area contributed by atoms with Gasteiger partial charge in [0.15, 0.2) is 5.60 Å². The molecule has 0 radical (unpaired) electrons. The maximum absolute atomic E-state index is 12.0. The molecule has 27 heavy (non-hydrogen) atoms. The van der Waals surface area contributed by atoms with Crippen molar-refractivity contribution in [3.05, 3.63) is 106 Å². The van der Waals surface area contributed by atoms with Gasteiger partial charge in [-0.05, 0) is 28.8 Å². The Morgan fingerprint density at radius 3 is 2.41 bits per heavy atom. The first-order chi connectivity index (χ1) is 13.2. The highest BCUT2D eigenvalue weighted by Gasteiger charge is 2.50. The molecule has 0 unspecified atom stereocenters. The first-order valence-electron chi connectivity index (χ1n) is 9.14. The number of aliphatic hydroxyl groups is 1. The van der Waals surface area contributed by atoms with Crippen molar-refractivity contribution in [2.45, 2.75) is 11.6 Å². The lowest BCUT2D eigenvalue weighted by Gasteiger charge is -2.45. The second kappa shape index (κ2) is 6.22. The molecule has 1 N–H and O–H groups in total. The van der Waals surface area contributed by atoms with Crippen molar-refractivity contribution in [3.63, 3.8) is 0 Å². The summed E-state index contributed by atoms with van der Waals surface area (Å²) in [6.45, 7) is 1.47. The average molecular weight is 375 g/mol. The van der Waals surface area contributed by atoms with Crippen LogP contribution in [-0.2, 0) is 5.60 Å². The highest BCUT2D eigenvalue weighted by atomic mass is 35.5. The van der Waals surface area contributed by atoms with Crippen LogP contribution in [-0.4, -0.2) is 28.9 Å². The van der Waals surface area contributed by atoms with Crippen LogP contribution in [0.25, 0.3) is 0 Å². The van der Waals surface area contributed by atoms with E-state index in [2.05, 4.69) is 23.1 Å². The predicted octanol–water partition coefficient (Wildman–Crippen LogP) is 4.39. The first-order valence-corrected chi connectivity index (χ1v) is 9.52. The van der Waals surface area contributed by atoms with E-state index in [1.807, 2.05) is 60.7 Å². The molecule has 3 aromatic carbocycles. The first kappa shape index (κ1) is 16.5. The van der Waals surface area contributed by atoms with Gasteiger partial charge in [-0.25, -0.2) is 0 Å². The number of hydrogen-bond donors (Lipinski definition) is 1. The Labute approximate surface area is 163 Å². The molecule has 2 atom stereocenters. The van der Waals surface area contributed by atoms with E-state index in [1.54, 1.807) is 0 Å². The third-order valence-electron chi connectivity index (χ3n) is 5.53. The number of rotatable bonds is 2. The minimum atomic E-state index is -1.24. The van der Waals surface area contributed by atoms with E-state index in [-0.39, 0.29) is 6.04 Å². The molecule has 5 rings (SSSR count). The standard InChI is InChI=1S/C23H19ClN2O/c24-18-12-10-16(11-13-18)21-19-8-4-5-9-20(19)23(27,17-6-2-1-3-7-17)22-25-14-15-26(21)22/h1-13,21,27H,14-15H2/t21-,23+/m0/s1. The molecule has 2 aliphatic rings. The third-order valence-corrected chi connectivity index (χ3v) is 5.78. The highest BCUT2D eigenvalue weighted by Crippen LogP contribution is 2.47. The van der Waals surface area contributed by atoms with E-state index < -0.39 is 5.60 Å². The van der Waals surface area contributed by atoms with E-state index in [4.69, 9.17) is 16.6 Å². The monoisotopic (exact) mass is 374 g/mol. The molecule has 4 heteroatoms. The quantitative estimate of drug-likeness (QED) is 0.722. The molecule has 134 valence electrons. The molecule has 0 aliphatic carbocycles.